The lowest BCUT2D eigenvalue weighted by Gasteiger charge is -2.21. The summed E-state index contributed by atoms with van der Waals surface area (Å²) in [6.45, 7) is 6.40. The van der Waals surface area contributed by atoms with Crippen molar-refractivity contribution in [3.63, 3.8) is 0 Å². The summed E-state index contributed by atoms with van der Waals surface area (Å²) >= 11 is 0. The van der Waals surface area contributed by atoms with Crippen molar-refractivity contribution < 1.29 is 19.0 Å². The Balaban J connectivity index is 2.40. The van der Waals surface area contributed by atoms with Crippen LogP contribution in [0.15, 0.2) is 18.2 Å². The number of hydrogen-bond donors (Lipinski definition) is 3. The van der Waals surface area contributed by atoms with Crippen LogP contribution in [-0.4, -0.2) is 31.4 Å². The van der Waals surface area contributed by atoms with Crippen molar-refractivity contribution in [1.29, 1.82) is 0 Å². The number of urea groups is 1. The van der Waals surface area contributed by atoms with E-state index in [1.165, 1.54) is 19.2 Å². The molecule has 0 saturated carbocycles. The molecule has 0 radical (unpaired) electrons. The van der Waals surface area contributed by atoms with Crippen molar-refractivity contribution >= 4 is 6.03 Å². The first-order chi connectivity index (χ1) is 10.8. The zero-order valence-corrected chi connectivity index (χ0v) is 14.3. The summed E-state index contributed by atoms with van der Waals surface area (Å²) in [7, 11) is 1.41. The molecule has 0 spiro atoms. The lowest BCUT2D eigenvalue weighted by atomic mass is 9.89. The lowest BCUT2D eigenvalue weighted by molar-refractivity contribution is 0.148. The number of aliphatic hydroxyl groups excluding tert-OH is 1. The zero-order chi connectivity index (χ0) is 17.5. The highest BCUT2D eigenvalue weighted by atomic mass is 19.1. The molecule has 0 aliphatic carbocycles. The first-order valence-corrected chi connectivity index (χ1v) is 7.78. The van der Waals surface area contributed by atoms with Gasteiger partial charge in [-0.1, -0.05) is 19.9 Å². The molecular formula is C17H27FN2O3. The molecule has 1 unspecified atom stereocenters. The summed E-state index contributed by atoms with van der Waals surface area (Å²) in [6.07, 6.45) is 1.61. The fourth-order valence-corrected chi connectivity index (χ4v) is 2.13. The number of carbonyl (C=O) groups is 1. The van der Waals surface area contributed by atoms with E-state index in [4.69, 9.17) is 9.84 Å². The number of ether oxygens (including phenoxy) is 1. The van der Waals surface area contributed by atoms with E-state index in [9.17, 15) is 9.18 Å². The van der Waals surface area contributed by atoms with E-state index in [0.717, 1.165) is 12.8 Å². The second-order valence-corrected chi connectivity index (χ2v) is 6.44. The van der Waals surface area contributed by atoms with Gasteiger partial charge in [0.1, 0.15) is 0 Å². The highest BCUT2D eigenvalue weighted by Gasteiger charge is 2.16. The Hall–Kier alpha value is -1.82. The van der Waals surface area contributed by atoms with E-state index in [1.807, 2.05) is 13.8 Å². The number of aliphatic hydroxyl groups is 1. The smallest absolute Gasteiger partial charge is 0.315 e. The minimum Gasteiger partial charge on any atom is -0.494 e. The van der Waals surface area contributed by atoms with Gasteiger partial charge in [-0.15, -0.1) is 0 Å². The van der Waals surface area contributed by atoms with Gasteiger partial charge in [0.15, 0.2) is 11.6 Å². The van der Waals surface area contributed by atoms with Crippen molar-refractivity contribution in [2.24, 2.45) is 5.41 Å². The highest BCUT2D eigenvalue weighted by Crippen LogP contribution is 2.22. The first kappa shape index (κ1) is 19.2. The molecular weight excluding hydrogens is 299 g/mol. The van der Waals surface area contributed by atoms with E-state index in [1.54, 1.807) is 13.0 Å². The number of rotatable bonds is 8. The fourth-order valence-electron chi connectivity index (χ4n) is 2.13. The third kappa shape index (κ3) is 6.44. The lowest BCUT2D eigenvalue weighted by Crippen LogP contribution is -2.37. The van der Waals surface area contributed by atoms with Gasteiger partial charge in [-0.2, -0.15) is 0 Å². The summed E-state index contributed by atoms with van der Waals surface area (Å²) in [5.74, 6) is -0.276. The van der Waals surface area contributed by atoms with E-state index in [-0.39, 0.29) is 29.8 Å². The van der Waals surface area contributed by atoms with E-state index < -0.39 is 5.82 Å². The monoisotopic (exact) mass is 326 g/mol. The molecule has 0 aromatic heterocycles. The Kier molecular flexibility index (Phi) is 7.29. The highest BCUT2D eigenvalue weighted by molar-refractivity contribution is 5.74. The molecule has 1 atom stereocenters. The third-order valence-electron chi connectivity index (χ3n) is 3.77. The standard InChI is InChI=1S/C17H27FN2O3/c1-12(13-6-7-15(23-4)14(18)10-13)20-16(22)19-9-5-8-17(2,3)11-21/h6-7,10,12,21H,5,8-9,11H2,1-4H3,(H2,19,20,22). The van der Waals surface area contributed by atoms with Crippen molar-refractivity contribution in [1.82, 2.24) is 10.6 Å². The SMILES string of the molecule is COc1ccc(C(C)NC(=O)NCCCC(C)(C)CO)cc1F. The van der Waals surface area contributed by atoms with Gasteiger partial charge in [0.05, 0.1) is 13.2 Å². The molecule has 1 aromatic rings. The predicted octanol–water partition coefficient (Wildman–Crippen LogP) is 2.99. The molecule has 6 heteroatoms. The molecule has 5 nitrogen and oxygen atoms in total. The third-order valence-corrected chi connectivity index (χ3v) is 3.77. The van der Waals surface area contributed by atoms with Crippen molar-refractivity contribution in [2.75, 3.05) is 20.3 Å². The molecule has 23 heavy (non-hydrogen) atoms. The largest absolute Gasteiger partial charge is 0.494 e. The molecule has 1 aromatic carbocycles. The van der Waals surface area contributed by atoms with Gasteiger partial charge < -0.3 is 20.5 Å². The van der Waals surface area contributed by atoms with Crippen molar-refractivity contribution in [3.8, 4) is 5.75 Å². The number of halogens is 1. The van der Waals surface area contributed by atoms with Crippen LogP contribution in [0, 0.1) is 11.2 Å². The predicted molar refractivity (Wildman–Crippen MR) is 88.0 cm³/mol. The number of hydrogen-bond acceptors (Lipinski definition) is 3. The summed E-state index contributed by atoms with van der Waals surface area (Å²) in [5, 5.41) is 14.7. The van der Waals surface area contributed by atoms with Gasteiger partial charge in [0, 0.05) is 13.2 Å². The molecule has 0 bridgehead atoms. The maximum Gasteiger partial charge on any atom is 0.315 e. The average Bonchev–Trinajstić information content (AvgIpc) is 2.51. The van der Waals surface area contributed by atoms with Gasteiger partial charge in [-0.25, -0.2) is 9.18 Å². The number of methoxy groups -OCH3 is 1. The van der Waals surface area contributed by atoms with Crippen LogP contribution in [0.3, 0.4) is 0 Å². The molecule has 0 fully saturated rings. The van der Waals surface area contributed by atoms with Crippen LogP contribution in [0.2, 0.25) is 0 Å². The van der Waals surface area contributed by atoms with Gasteiger partial charge in [-0.3, -0.25) is 0 Å². The minimum absolute atomic E-state index is 0.124. The number of nitrogens with one attached hydrogen (secondary N) is 2. The summed E-state index contributed by atoms with van der Waals surface area (Å²) in [6, 6.07) is 4.00. The van der Waals surface area contributed by atoms with Crippen LogP contribution in [-0.2, 0) is 0 Å². The quantitative estimate of drug-likeness (QED) is 0.643. The molecule has 2 amide bonds. The van der Waals surface area contributed by atoms with E-state index in [0.29, 0.717) is 12.1 Å². The van der Waals surface area contributed by atoms with E-state index in [2.05, 4.69) is 10.6 Å². The van der Waals surface area contributed by atoms with Crippen molar-refractivity contribution in [3.05, 3.63) is 29.6 Å². The molecule has 0 aliphatic rings. The maximum atomic E-state index is 13.7. The first-order valence-electron chi connectivity index (χ1n) is 7.78. The van der Waals surface area contributed by atoms with Gasteiger partial charge in [-0.05, 0) is 42.9 Å². The van der Waals surface area contributed by atoms with Crippen LogP contribution in [0.5, 0.6) is 5.75 Å². The number of amides is 2. The summed E-state index contributed by atoms with van der Waals surface area (Å²) in [4.78, 5) is 11.8. The van der Waals surface area contributed by atoms with Crippen LogP contribution in [0.25, 0.3) is 0 Å². The van der Waals surface area contributed by atoms with Gasteiger partial charge >= 0.3 is 6.03 Å². The maximum absolute atomic E-state index is 13.7. The Morgan fingerprint density at radius 3 is 2.70 bits per heavy atom. The Morgan fingerprint density at radius 1 is 1.43 bits per heavy atom. The molecule has 1 rings (SSSR count). The second-order valence-electron chi connectivity index (χ2n) is 6.44. The zero-order valence-electron chi connectivity index (χ0n) is 14.3. The van der Waals surface area contributed by atoms with Crippen LogP contribution in [0.4, 0.5) is 9.18 Å². The van der Waals surface area contributed by atoms with Crippen LogP contribution in [0.1, 0.15) is 45.2 Å². The van der Waals surface area contributed by atoms with Crippen LogP contribution >= 0.6 is 0 Å². The normalized spacial score (nSPS) is 12.6. The Morgan fingerprint density at radius 2 is 2.13 bits per heavy atom. The number of benzene rings is 1. The molecule has 130 valence electrons. The molecule has 0 heterocycles. The number of carbonyl (C=O) groups excluding carboxylic acids is 1. The van der Waals surface area contributed by atoms with Gasteiger partial charge in [0.25, 0.3) is 0 Å². The minimum atomic E-state index is -0.453. The molecule has 3 N–H and O–H groups in total. The van der Waals surface area contributed by atoms with Gasteiger partial charge in [0.2, 0.25) is 0 Å². The van der Waals surface area contributed by atoms with Crippen LogP contribution < -0.4 is 15.4 Å². The summed E-state index contributed by atoms with van der Waals surface area (Å²) < 4.78 is 18.5. The molecule has 0 aliphatic heterocycles. The molecule has 0 saturated heterocycles. The van der Waals surface area contributed by atoms with Crippen molar-refractivity contribution in [2.45, 2.75) is 39.7 Å². The summed E-state index contributed by atoms with van der Waals surface area (Å²) in [5.41, 5.74) is 0.534. The van der Waals surface area contributed by atoms with E-state index >= 15 is 0 Å². The fraction of sp³-hybridized carbons (Fsp3) is 0.588. The second kappa shape index (κ2) is 8.72. The average molecular weight is 326 g/mol. The Labute approximate surface area is 137 Å². The topological polar surface area (TPSA) is 70.6 Å². The Bertz CT molecular complexity index is 521.